The Morgan fingerprint density at radius 3 is 1.21 bits per heavy atom. The third-order valence-electron chi connectivity index (χ3n) is 8.17. The summed E-state index contributed by atoms with van der Waals surface area (Å²) in [5.74, 6) is -3.04. The first-order valence-electron chi connectivity index (χ1n) is 18.5. The maximum Gasteiger partial charge on any atom is 0.408 e. The molecular weight excluding hydrogens is 724 g/mol. The van der Waals surface area contributed by atoms with Crippen LogP contribution < -0.4 is 21.3 Å². The molecule has 0 aliphatic rings. The minimum atomic E-state index is -0.994. The monoisotopic (exact) mass is 776 g/mol. The second-order valence-electron chi connectivity index (χ2n) is 13.3. The van der Waals surface area contributed by atoms with Crippen LogP contribution in [0.1, 0.15) is 75.4 Å². The number of nitrogens with zero attached hydrogens (tertiary/aromatic N) is 2. The molecular formula is C40H52N6O10. The molecule has 2 atom stereocenters. The molecule has 56 heavy (non-hydrogen) atoms. The molecule has 4 N–H and O–H groups in total. The minimum Gasteiger partial charge on any atom is -0.466 e. The summed E-state index contributed by atoms with van der Waals surface area (Å²) in [6.45, 7) is 10.0. The zero-order valence-corrected chi connectivity index (χ0v) is 32.7. The van der Waals surface area contributed by atoms with Gasteiger partial charge in [0.15, 0.2) is 0 Å². The van der Waals surface area contributed by atoms with Crippen molar-refractivity contribution in [1.29, 1.82) is 0 Å². The van der Waals surface area contributed by atoms with Gasteiger partial charge in [-0.1, -0.05) is 88.4 Å². The molecule has 16 nitrogen and oxygen atoms in total. The Morgan fingerprint density at radius 1 is 0.536 bits per heavy atom. The molecule has 0 saturated heterocycles. The van der Waals surface area contributed by atoms with E-state index >= 15 is 0 Å². The number of rotatable bonds is 20. The molecule has 1 aromatic heterocycles. The first-order valence-corrected chi connectivity index (χ1v) is 18.5. The topological polar surface area (TPSA) is 213 Å². The molecule has 0 fully saturated rings. The number of carbonyl (C=O) groups excluding carboxylic acids is 6. The third kappa shape index (κ3) is 15.0. The molecule has 4 amide bonds. The average molecular weight is 777 g/mol. The maximum absolute atomic E-state index is 13.4. The van der Waals surface area contributed by atoms with E-state index in [1.54, 1.807) is 65.8 Å². The van der Waals surface area contributed by atoms with Crippen LogP contribution >= 0.6 is 0 Å². The van der Waals surface area contributed by atoms with Crippen molar-refractivity contribution in [3.05, 3.63) is 94.6 Å². The summed E-state index contributed by atoms with van der Waals surface area (Å²) < 4.78 is 20.9. The average Bonchev–Trinajstić information content (AvgIpc) is 3.17. The summed E-state index contributed by atoms with van der Waals surface area (Å²) in [4.78, 5) is 86.7. The lowest BCUT2D eigenvalue weighted by Crippen LogP contribution is -2.50. The smallest absolute Gasteiger partial charge is 0.408 e. The number of ether oxygens (including phenoxy) is 4. The molecule has 0 saturated carbocycles. The van der Waals surface area contributed by atoms with Gasteiger partial charge in [-0.3, -0.25) is 29.1 Å². The van der Waals surface area contributed by atoms with Crippen molar-refractivity contribution in [2.45, 2.75) is 92.8 Å². The van der Waals surface area contributed by atoms with E-state index in [0.29, 0.717) is 0 Å². The summed E-state index contributed by atoms with van der Waals surface area (Å²) in [6.07, 6.45) is -2.25. The standard InChI is InChI=1S/C40H52N6O10/c1-7-53-33(47)19-29-31(21-41-37(49)35(25(3)4)45-39(51)55-23-27-15-11-9-12-16-27)44-30(20-34(48)54-8-2)32(43-29)22-42-38(50)36(26(5)6)46-40(52)56-24-28-17-13-10-14-18-28/h9-18,25-26,35-36H,7-8,19-24H2,1-6H3,(H,41,49)(H,42,50)(H,45,51)(H,46,52)/t35-,36-/m0/s1. The zero-order valence-electron chi connectivity index (χ0n) is 32.7. The van der Waals surface area contributed by atoms with Crippen LogP contribution in [-0.4, -0.2) is 71.2 Å². The van der Waals surface area contributed by atoms with Crippen molar-refractivity contribution in [2.24, 2.45) is 11.8 Å². The number of aromatic nitrogens is 2. The van der Waals surface area contributed by atoms with Crippen LogP contribution in [0.4, 0.5) is 9.59 Å². The van der Waals surface area contributed by atoms with Crippen LogP contribution in [0.2, 0.25) is 0 Å². The quantitative estimate of drug-likeness (QED) is 0.0953. The van der Waals surface area contributed by atoms with Crippen molar-refractivity contribution in [3.63, 3.8) is 0 Å². The van der Waals surface area contributed by atoms with Gasteiger partial charge in [-0.25, -0.2) is 9.59 Å². The summed E-state index contributed by atoms with van der Waals surface area (Å²) in [5.41, 5.74) is 2.10. The van der Waals surface area contributed by atoms with E-state index < -0.39 is 48.0 Å². The third-order valence-corrected chi connectivity index (χ3v) is 8.17. The van der Waals surface area contributed by atoms with Gasteiger partial charge < -0.3 is 40.2 Å². The highest BCUT2D eigenvalue weighted by atomic mass is 16.6. The number of hydrogen-bond donors (Lipinski definition) is 4. The lowest BCUT2D eigenvalue weighted by atomic mass is 10.0. The van der Waals surface area contributed by atoms with Crippen molar-refractivity contribution < 1.29 is 47.7 Å². The van der Waals surface area contributed by atoms with E-state index in [-0.39, 0.29) is 87.0 Å². The number of hydrogen-bond acceptors (Lipinski definition) is 12. The highest BCUT2D eigenvalue weighted by Crippen LogP contribution is 2.15. The van der Waals surface area contributed by atoms with Crippen molar-refractivity contribution >= 4 is 35.9 Å². The molecule has 0 bridgehead atoms. The first kappa shape index (κ1) is 44.3. The highest BCUT2D eigenvalue weighted by molar-refractivity contribution is 5.86. The van der Waals surface area contributed by atoms with Gasteiger partial charge in [0.25, 0.3) is 0 Å². The number of amides is 4. The summed E-state index contributed by atoms with van der Waals surface area (Å²) in [5, 5.41) is 10.7. The van der Waals surface area contributed by atoms with Crippen LogP contribution in [0.3, 0.4) is 0 Å². The molecule has 0 spiro atoms. The van der Waals surface area contributed by atoms with Gasteiger partial charge >= 0.3 is 24.1 Å². The van der Waals surface area contributed by atoms with Gasteiger partial charge in [-0.15, -0.1) is 0 Å². The van der Waals surface area contributed by atoms with Crippen LogP contribution in [0, 0.1) is 11.8 Å². The SMILES string of the molecule is CCOC(=O)Cc1nc(CNC(=O)[C@@H](NC(=O)OCc2ccccc2)C(C)C)c(CC(=O)OCC)nc1CNC(=O)[C@@H](NC(=O)OCc1ccccc1)C(C)C. The lowest BCUT2D eigenvalue weighted by molar-refractivity contribution is -0.143. The summed E-state index contributed by atoms with van der Waals surface area (Å²) >= 11 is 0. The normalized spacial score (nSPS) is 11.9. The molecule has 302 valence electrons. The summed E-state index contributed by atoms with van der Waals surface area (Å²) in [7, 11) is 0. The van der Waals surface area contributed by atoms with Gasteiger partial charge in [0.05, 0.1) is 61.9 Å². The predicted octanol–water partition coefficient (Wildman–Crippen LogP) is 3.82. The maximum atomic E-state index is 13.4. The fourth-order valence-electron chi connectivity index (χ4n) is 5.26. The van der Waals surface area contributed by atoms with Crippen molar-refractivity contribution in [1.82, 2.24) is 31.2 Å². The number of carbonyl (C=O) groups is 6. The van der Waals surface area contributed by atoms with E-state index in [1.807, 2.05) is 36.4 Å². The minimum absolute atomic E-state index is 0.0118. The van der Waals surface area contributed by atoms with E-state index in [9.17, 15) is 28.8 Å². The molecule has 0 unspecified atom stereocenters. The van der Waals surface area contributed by atoms with E-state index in [2.05, 4.69) is 31.2 Å². The Hall–Kier alpha value is -6.06. The molecule has 0 aliphatic heterocycles. The van der Waals surface area contributed by atoms with Gasteiger partial charge in [-0.05, 0) is 36.8 Å². The van der Waals surface area contributed by atoms with Gasteiger partial charge in [0.2, 0.25) is 11.8 Å². The van der Waals surface area contributed by atoms with Crippen molar-refractivity contribution in [2.75, 3.05) is 13.2 Å². The Bertz CT molecular complexity index is 1640. The second kappa shape index (κ2) is 23.0. The number of benzene rings is 2. The van der Waals surface area contributed by atoms with Crippen LogP contribution in [0.15, 0.2) is 60.7 Å². The Labute approximate surface area is 326 Å². The number of nitrogens with one attached hydrogen (secondary N) is 4. The molecule has 0 aliphatic carbocycles. The Morgan fingerprint density at radius 2 is 0.893 bits per heavy atom. The second-order valence-corrected chi connectivity index (χ2v) is 13.3. The van der Waals surface area contributed by atoms with Crippen LogP contribution in [0.25, 0.3) is 0 Å². The number of esters is 2. The Balaban J connectivity index is 1.81. The predicted molar refractivity (Wildman–Crippen MR) is 203 cm³/mol. The zero-order chi connectivity index (χ0) is 41.0. The van der Waals surface area contributed by atoms with Crippen LogP contribution in [0.5, 0.6) is 0 Å². The highest BCUT2D eigenvalue weighted by Gasteiger charge is 2.28. The summed E-state index contributed by atoms with van der Waals surface area (Å²) in [6, 6.07) is 16.2. The van der Waals surface area contributed by atoms with Gasteiger partial charge in [0.1, 0.15) is 25.3 Å². The number of alkyl carbamates (subject to hydrolysis) is 2. The van der Waals surface area contributed by atoms with Crippen LogP contribution in [-0.2, 0) is 77.3 Å². The largest absolute Gasteiger partial charge is 0.466 e. The fraction of sp³-hybridized carbons (Fsp3) is 0.450. The first-order chi connectivity index (χ1) is 26.8. The Kier molecular flexibility index (Phi) is 18.2. The van der Waals surface area contributed by atoms with Crippen molar-refractivity contribution in [3.8, 4) is 0 Å². The molecule has 0 radical (unpaired) electrons. The molecule has 1 heterocycles. The van der Waals surface area contributed by atoms with E-state index in [1.165, 1.54) is 0 Å². The van der Waals surface area contributed by atoms with Gasteiger partial charge in [-0.2, -0.15) is 0 Å². The molecule has 3 rings (SSSR count). The van der Waals surface area contributed by atoms with E-state index in [0.717, 1.165) is 11.1 Å². The lowest BCUT2D eigenvalue weighted by Gasteiger charge is -2.22. The fourth-order valence-corrected chi connectivity index (χ4v) is 5.26. The van der Waals surface area contributed by atoms with E-state index in [4.69, 9.17) is 18.9 Å². The molecule has 2 aromatic carbocycles. The van der Waals surface area contributed by atoms with Gasteiger partial charge in [0, 0.05) is 0 Å². The molecule has 16 heteroatoms. The molecule has 3 aromatic rings.